The van der Waals surface area contributed by atoms with E-state index in [0.29, 0.717) is 18.2 Å². The highest BCUT2D eigenvalue weighted by Crippen LogP contribution is 2.25. The maximum absolute atomic E-state index is 11.9. The topological polar surface area (TPSA) is 86.7 Å². The lowest BCUT2D eigenvalue weighted by Crippen LogP contribution is -2.27. The van der Waals surface area contributed by atoms with Crippen molar-refractivity contribution in [1.29, 1.82) is 0 Å². The molecule has 2 amide bonds. The zero-order valence-corrected chi connectivity index (χ0v) is 12.1. The van der Waals surface area contributed by atoms with Crippen LogP contribution in [0.15, 0.2) is 24.3 Å². The fourth-order valence-corrected chi connectivity index (χ4v) is 2.61. The maximum atomic E-state index is 11.9. The summed E-state index contributed by atoms with van der Waals surface area (Å²) in [5.74, 6) is -1.74. The van der Waals surface area contributed by atoms with Crippen molar-refractivity contribution in [3.63, 3.8) is 0 Å². The van der Waals surface area contributed by atoms with Crippen LogP contribution in [0.3, 0.4) is 0 Å². The van der Waals surface area contributed by atoms with Gasteiger partial charge >= 0.3 is 5.97 Å². The molecule has 1 atom stereocenters. The van der Waals surface area contributed by atoms with Gasteiger partial charge in [-0.1, -0.05) is 12.1 Å². The third kappa shape index (κ3) is 3.27. The average molecular weight is 302 g/mol. The minimum Gasteiger partial charge on any atom is -0.481 e. The Bertz CT molecular complexity index is 607. The number of nitrogens with one attached hydrogen (secondary N) is 1. The third-order valence-electron chi connectivity index (χ3n) is 4.03. The smallest absolute Gasteiger partial charge is 0.308 e. The van der Waals surface area contributed by atoms with Crippen LogP contribution >= 0.6 is 0 Å². The molecule has 1 saturated heterocycles. The number of anilines is 1. The average Bonchev–Trinajstić information content (AvgIpc) is 3.19. The first kappa shape index (κ1) is 14.6. The van der Waals surface area contributed by atoms with Crippen LogP contribution in [0.5, 0.6) is 0 Å². The lowest BCUT2D eigenvalue weighted by molar-refractivity contribution is -0.141. The molecule has 1 aliphatic heterocycles. The number of aliphatic carboxylic acids is 1. The Labute approximate surface area is 128 Å². The first-order valence-corrected chi connectivity index (χ1v) is 7.44. The van der Waals surface area contributed by atoms with Gasteiger partial charge in [-0.3, -0.25) is 14.4 Å². The van der Waals surface area contributed by atoms with Crippen LogP contribution in [0.25, 0.3) is 0 Å². The van der Waals surface area contributed by atoms with E-state index < -0.39 is 11.9 Å². The summed E-state index contributed by atoms with van der Waals surface area (Å²) in [7, 11) is 0. The Morgan fingerprint density at radius 1 is 1.23 bits per heavy atom. The van der Waals surface area contributed by atoms with Gasteiger partial charge in [0, 0.05) is 24.7 Å². The molecule has 0 radical (unpaired) electrons. The van der Waals surface area contributed by atoms with Crippen LogP contribution in [-0.4, -0.2) is 35.5 Å². The second-order valence-electron chi connectivity index (χ2n) is 5.93. The second-order valence-corrected chi connectivity index (χ2v) is 5.93. The summed E-state index contributed by atoms with van der Waals surface area (Å²) < 4.78 is 0. The molecule has 22 heavy (non-hydrogen) atoms. The van der Waals surface area contributed by atoms with Crippen LogP contribution in [0.4, 0.5) is 5.69 Å². The molecule has 0 bridgehead atoms. The van der Waals surface area contributed by atoms with Gasteiger partial charge in [-0.15, -0.1) is 0 Å². The maximum Gasteiger partial charge on any atom is 0.308 e. The van der Waals surface area contributed by atoms with Gasteiger partial charge in [-0.05, 0) is 30.5 Å². The summed E-state index contributed by atoms with van der Waals surface area (Å²) >= 11 is 0. The zero-order valence-electron chi connectivity index (χ0n) is 12.1. The monoisotopic (exact) mass is 302 g/mol. The predicted molar refractivity (Wildman–Crippen MR) is 79.4 cm³/mol. The molecule has 2 aliphatic rings. The van der Waals surface area contributed by atoms with Crippen LogP contribution in [0.1, 0.15) is 24.8 Å². The summed E-state index contributed by atoms with van der Waals surface area (Å²) in [4.78, 5) is 36.1. The van der Waals surface area contributed by atoms with Gasteiger partial charge in [-0.2, -0.15) is 0 Å². The third-order valence-corrected chi connectivity index (χ3v) is 4.03. The molecule has 1 saturated carbocycles. The van der Waals surface area contributed by atoms with Crippen molar-refractivity contribution in [1.82, 2.24) is 5.32 Å². The molecule has 0 aromatic heterocycles. The molecule has 0 unspecified atom stereocenters. The highest BCUT2D eigenvalue weighted by Gasteiger charge is 2.35. The molecule has 1 heterocycles. The Balaban J connectivity index is 1.62. The molecule has 6 nitrogen and oxygen atoms in total. The van der Waals surface area contributed by atoms with E-state index >= 15 is 0 Å². The molecule has 0 spiro atoms. The highest BCUT2D eigenvalue weighted by molar-refractivity contribution is 5.99. The summed E-state index contributed by atoms with van der Waals surface area (Å²) in [6.45, 7) is 0.204. The van der Waals surface area contributed by atoms with Crippen molar-refractivity contribution in [2.75, 3.05) is 11.4 Å². The molecule has 3 rings (SSSR count). The molecule has 1 aromatic carbocycles. The molecule has 2 fully saturated rings. The van der Waals surface area contributed by atoms with E-state index in [4.69, 9.17) is 5.11 Å². The Hall–Kier alpha value is -2.37. The van der Waals surface area contributed by atoms with Gasteiger partial charge in [0.25, 0.3) is 0 Å². The largest absolute Gasteiger partial charge is 0.481 e. The van der Waals surface area contributed by atoms with E-state index in [0.717, 1.165) is 18.4 Å². The molecule has 1 aromatic rings. The van der Waals surface area contributed by atoms with Gasteiger partial charge in [0.15, 0.2) is 0 Å². The van der Waals surface area contributed by atoms with Crippen LogP contribution < -0.4 is 10.2 Å². The van der Waals surface area contributed by atoms with Gasteiger partial charge in [0.2, 0.25) is 11.8 Å². The minimum atomic E-state index is -0.941. The normalized spacial score (nSPS) is 21.0. The van der Waals surface area contributed by atoms with Crippen molar-refractivity contribution in [2.45, 2.75) is 31.7 Å². The summed E-state index contributed by atoms with van der Waals surface area (Å²) in [5, 5.41) is 11.9. The van der Waals surface area contributed by atoms with E-state index in [2.05, 4.69) is 5.32 Å². The fourth-order valence-electron chi connectivity index (χ4n) is 2.61. The molecule has 2 N–H and O–H groups in total. The molecule has 1 aliphatic carbocycles. The number of hydrogen-bond acceptors (Lipinski definition) is 3. The molecule has 6 heteroatoms. The number of carboxylic acid groups (broad SMARTS) is 1. The van der Waals surface area contributed by atoms with Gasteiger partial charge < -0.3 is 15.3 Å². The fraction of sp³-hybridized carbons (Fsp3) is 0.438. The number of amides is 2. The first-order chi connectivity index (χ1) is 10.5. The van der Waals surface area contributed by atoms with Crippen molar-refractivity contribution < 1.29 is 19.5 Å². The van der Waals surface area contributed by atoms with E-state index in [-0.39, 0.29) is 24.8 Å². The Morgan fingerprint density at radius 3 is 2.45 bits per heavy atom. The van der Waals surface area contributed by atoms with Gasteiger partial charge in [0.05, 0.1) is 12.3 Å². The van der Waals surface area contributed by atoms with Crippen molar-refractivity contribution >= 4 is 23.5 Å². The summed E-state index contributed by atoms with van der Waals surface area (Å²) in [6, 6.07) is 7.50. The first-order valence-electron chi connectivity index (χ1n) is 7.44. The van der Waals surface area contributed by atoms with E-state index in [1.807, 2.05) is 12.1 Å². The van der Waals surface area contributed by atoms with E-state index in [1.54, 1.807) is 12.1 Å². The van der Waals surface area contributed by atoms with Crippen LogP contribution in [0.2, 0.25) is 0 Å². The van der Waals surface area contributed by atoms with Crippen molar-refractivity contribution in [3.8, 4) is 0 Å². The van der Waals surface area contributed by atoms with Gasteiger partial charge in [-0.25, -0.2) is 0 Å². The lowest BCUT2D eigenvalue weighted by Gasteiger charge is -2.16. The number of nitrogens with zero attached hydrogens (tertiary/aromatic N) is 1. The minimum absolute atomic E-state index is 0.0124. The van der Waals surface area contributed by atoms with Crippen LogP contribution in [0, 0.1) is 5.92 Å². The van der Waals surface area contributed by atoms with Crippen molar-refractivity contribution in [3.05, 3.63) is 29.8 Å². The molecular weight excluding hydrogens is 284 g/mol. The number of hydrogen-bond donors (Lipinski definition) is 2. The van der Waals surface area contributed by atoms with E-state index in [1.165, 1.54) is 4.90 Å². The molecule has 116 valence electrons. The van der Waals surface area contributed by atoms with Gasteiger partial charge in [0.1, 0.15) is 0 Å². The Morgan fingerprint density at radius 2 is 1.91 bits per heavy atom. The predicted octanol–water partition coefficient (Wildman–Crippen LogP) is 0.945. The van der Waals surface area contributed by atoms with E-state index in [9.17, 15) is 14.4 Å². The second kappa shape index (κ2) is 5.79. The number of carboxylic acids is 1. The molecular formula is C16H18N2O4. The summed E-state index contributed by atoms with van der Waals surface area (Å²) in [6.07, 6.45) is 2.49. The quantitative estimate of drug-likeness (QED) is 0.847. The number of rotatable bonds is 5. The SMILES string of the molecule is O=C(Cc1ccc(N2C[C@@H](C(=O)O)CC2=O)cc1)NC1CC1. The van der Waals surface area contributed by atoms with Crippen molar-refractivity contribution in [2.24, 2.45) is 5.92 Å². The zero-order chi connectivity index (χ0) is 15.7. The standard InChI is InChI=1S/C16H18N2O4/c19-14(17-12-3-4-12)7-10-1-5-13(6-2-10)18-9-11(16(21)22)8-15(18)20/h1-2,5-6,11-12H,3-4,7-9H2,(H,17,19)(H,21,22)/t11-/m0/s1. The summed E-state index contributed by atoms with van der Waals surface area (Å²) in [5.41, 5.74) is 1.56. The highest BCUT2D eigenvalue weighted by atomic mass is 16.4. The lowest BCUT2D eigenvalue weighted by atomic mass is 10.1. The van der Waals surface area contributed by atoms with Crippen LogP contribution in [-0.2, 0) is 20.8 Å². The number of carbonyl (C=O) groups excluding carboxylic acids is 2. The number of carbonyl (C=O) groups is 3. The Kier molecular flexibility index (Phi) is 3.83. The number of benzene rings is 1.